The van der Waals surface area contributed by atoms with Gasteiger partial charge in [-0.2, -0.15) is 0 Å². The first-order chi connectivity index (χ1) is 16.5. The molecule has 0 bridgehead atoms. The maximum atomic E-state index is 12.8. The number of aromatic amines is 1. The predicted molar refractivity (Wildman–Crippen MR) is 138 cm³/mol. The van der Waals surface area contributed by atoms with E-state index in [1.165, 1.54) is 5.69 Å². The average Bonchev–Trinajstić information content (AvgIpc) is 3.17. The number of benzene rings is 3. The molecule has 1 aromatic heterocycles. The number of nitrogens with two attached hydrogens (primary N) is 1. The fourth-order valence-corrected chi connectivity index (χ4v) is 4.28. The first kappa shape index (κ1) is 21.7. The standard InChI is InChI=1S/C27H27N5O2/c1-31-11-13-32(14-12-31)22-8-6-21(7-9-22)29-17-24-23-10-5-19(16-25(23)30-27(24)34)26(33)18-3-2-4-20(28)15-18/h2-10,15-17,30,34H,11-14,28H2,1H3. The molecule has 0 radical (unpaired) electrons. The van der Waals surface area contributed by atoms with Gasteiger partial charge < -0.3 is 25.6 Å². The molecular formula is C27H27N5O2. The van der Waals surface area contributed by atoms with E-state index in [1.54, 1.807) is 42.6 Å². The SMILES string of the molecule is CN1CCN(c2ccc(N=Cc3c(O)[nH]c4cc(C(=O)c5cccc(N)c5)ccc34)cc2)CC1. The molecule has 3 aromatic carbocycles. The quantitative estimate of drug-likeness (QED) is 0.239. The number of carbonyl (C=O) groups is 1. The van der Waals surface area contributed by atoms with Crippen LogP contribution in [0.15, 0.2) is 71.7 Å². The second-order valence-corrected chi connectivity index (χ2v) is 8.67. The van der Waals surface area contributed by atoms with Crippen molar-refractivity contribution in [3.05, 3.63) is 83.4 Å². The van der Waals surface area contributed by atoms with Gasteiger partial charge in [-0.3, -0.25) is 9.79 Å². The van der Waals surface area contributed by atoms with Gasteiger partial charge in [0.2, 0.25) is 0 Å². The number of piperazine rings is 1. The summed E-state index contributed by atoms with van der Waals surface area (Å²) in [6.45, 7) is 4.16. The van der Waals surface area contributed by atoms with Crippen LogP contribution in [0.4, 0.5) is 17.1 Å². The molecule has 1 saturated heterocycles. The third-order valence-corrected chi connectivity index (χ3v) is 6.29. The smallest absolute Gasteiger partial charge is 0.198 e. The summed E-state index contributed by atoms with van der Waals surface area (Å²) in [6.07, 6.45) is 1.65. The molecule has 2 heterocycles. The van der Waals surface area contributed by atoms with Crippen molar-refractivity contribution in [3.63, 3.8) is 0 Å². The number of fused-ring (bicyclic) bond motifs is 1. The highest BCUT2D eigenvalue weighted by Crippen LogP contribution is 2.28. The summed E-state index contributed by atoms with van der Waals surface area (Å²) < 4.78 is 0. The number of H-pyrrole nitrogens is 1. The summed E-state index contributed by atoms with van der Waals surface area (Å²) >= 11 is 0. The topological polar surface area (TPSA) is 98.0 Å². The van der Waals surface area contributed by atoms with Crippen LogP contribution in [0.3, 0.4) is 0 Å². The molecule has 0 spiro atoms. The van der Waals surface area contributed by atoms with Crippen molar-refractivity contribution in [1.82, 2.24) is 9.88 Å². The van der Waals surface area contributed by atoms with E-state index in [0.717, 1.165) is 37.3 Å². The molecule has 1 aliphatic heterocycles. The second-order valence-electron chi connectivity index (χ2n) is 8.67. The van der Waals surface area contributed by atoms with Gasteiger partial charge in [0.15, 0.2) is 11.7 Å². The molecule has 5 rings (SSSR count). The third-order valence-electron chi connectivity index (χ3n) is 6.29. The number of aliphatic imine (C=N–C) groups is 1. The van der Waals surface area contributed by atoms with Crippen molar-refractivity contribution in [2.45, 2.75) is 0 Å². The van der Waals surface area contributed by atoms with Gasteiger partial charge in [-0.15, -0.1) is 0 Å². The molecule has 1 fully saturated rings. The Labute approximate surface area is 198 Å². The minimum atomic E-state index is -0.126. The minimum Gasteiger partial charge on any atom is -0.494 e. The Balaban J connectivity index is 1.36. The van der Waals surface area contributed by atoms with E-state index < -0.39 is 0 Å². The van der Waals surface area contributed by atoms with Crippen molar-refractivity contribution in [2.75, 3.05) is 43.9 Å². The van der Waals surface area contributed by atoms with Gasteiger partial charge in [0.1, 0.15) is 0 Å². The van der Waals surface area contributed by atoms with Gasteiger partial charge in [0.25, 0.3) is 0 Å². The van der Waals surface area contributed by atoms with Crippen LogP contribution in [0, 0.1) is 0 Å². The van der Waals surface area contributed by atoms with Crippen LogP contribution in [0.1, 0.15) is 21.5 Å². The first-order valence-corrected chi connectivity index (χ1v) is 11.3. The van der Waals surface area contributed by atoms with Crippen LogP contribution in [-0.2, 0) is 0 Å². The lowest BCUT2D eigenvalue weighted by molar-refractivity contribution is 0.103. The number of nitrogens with zero attached hydrogens (tertiary/aromatic N) is 3. The normalized spacial score (nSPS) is 14.8. The molecule has 0 unspecified atom stereocenters. The van der Waals surface area contributed by atoms with Crippen molar-refractivity contribution in [3.8, 4) is 5.88 Å². The molecule has 7 heteroatoms. The number of nitrogens with one attached hydrogen (secondary N) is 1. The Morgan fingerprint density at radius 3 is 2.47 bits per heavy atom. The first-order valence-electron chi connectivity index (χ1n) is 11.3. The van der Waals surface area contributed by atoms with Crippen molar-refractivity contribution in [2.24, 2.45) is 4.99 Å². The van der Waals surface area contributed by atoms with Crippen LogP contribution in [-0.4, -0.2) is 60.2 Å². The zero-order valence-electron chi connectivity index (χ0n) is 19.0. The Morgan fingerprint density at radius 2 is 1.74 bits per heavy atom. The molecule has 0 atom stereocenters. The Morgan fingerprint density at radius 1 is 1.00 bits per heavy atom. The molecule has 7 nitrogen and oxygen atoms in total. The van der Waals surface area contributed by atoms with Crippen LogP contribution < -0.4 is 10.6 Å². The third kappa shape index (κ3) is 4.38. The molecular weight excluding hydrogens is 426 g/mol. The lowest BCUT2D eigenvalue weighted by atomic mass is 10.0. The van der Waals surface area contributed by atoms with E-state index in [0.29, 0.717) is 27.9 Å². The molecule has 1 aliphatic rings. The second kappa shape index (κ2) is 9.03. The summed E-state index contributed by atoms with van der Waals surface area (Å²) in [5.74, 6) is -0.111. The van der Waals surface area contributed by atoms with Gasteiger partial charge in [0, 0.05) is 65.8 Å². The highest BCUT2D eigenvalue weighted by Gasteiger charge is 2.15. The molecule has 0 aliphatic carbocycles. The Kier molecular flexibility index (Phi) is 5.77. The van der Waals surface area contributed by atoms with Crippen molar-refractivity contribution < 1.29 is 9.90 Å². The van der Waals surface area contributed by atoms with E-state index in [9.17, 15) is 9.90 Å². The number of ketones is 1. The summed E-state index contributed by atoms with van der Waals surface area (Å²) in [7, 11) is 2.15. The van der Waals surface area contributed by atoms with E-state index in [2.05, 4.69) is 39.0 Å². The summed E-state index contributed by atoms with van der Waals surface area (Å²) in [6, 6.07) is 20.4. The molecule has 172 valence electrons. The summed E-state index contributed by atoms with van der Waals surface area (Å²) in [5.41, 5.74) is 10.6. The fourth-order valence-electron chi connectivity index (χ4n) is 4.28. The van der Waals surface area contributed by atoms with Gasteiger partial charge in [-0.05, 0) is 49.5 Å². The van der Waals surface area contributed by atoms with Gasteiger partial charge in [-0.1, -0.05) is 24.3 Å². The predicted octanol–water partition coefficient (Wildman–Crippen LogP) is 4.19. The lowest BCUT2D eigenvalue weighted by Gasteiger charge is -2.34. The summed E-state index contributed by atoms with van der Waals surface area (Å²) in [4.78, 5) is 25.1. The Bertz CT molecular complexity index is 1370. The Hall–Kier alpha value is -4.10. The minimum absolute atomic E-state index is 0.0151. The highest BCUT2D eigenvalue weighted by molar-refractivity contribution is 6.12. The number of carbonyl (C=O) groups excluding carboxylic acids is 1. The highest BCUT2D eigenvalue weighted by atomic mass is 16.3. The van der Waals surface area contributed by atoms with Gasteiger partial charge >= 0.3 is 0 Å². The zero-order valence-corrected chi connectivity index (χ0v) is 19.0. The number of nitrogen functional groups attached to an aromatic ring is 1. The molecule has 0 saturated carbocycles. The zero-order chi connectivity index (χ0) is 23.7. The average molecular weight is 454 g/mol. The number of hydrogen-bond donors (Lipinski definition) is 3. The summed E-state index contributed by atoms with van der Waals surface area (Å²) in [5, 5.41) is 11.3. The number of likely N-dealkylation sites (N-methyl/N-ethyl adjacent to an activating group) is 1. The van der Waals surface area contributed by atoms with Crippen LogP contribution in [0.5, 0.6) is 5.88 Å². The van der Waals surface area contributed by atoms with Crippen LogP contribution in [0.25, 0.3) is 10.9 Å². The number of rotatable bonds is 5. The maximum absolute atomic E-state index is 12.8. The monoisotopic (exact) mass is 453 g/mol. The molecule has 0 amide bonds. The van der Waals surface area contributed by atoms with Crippen molar-refractivity contribution in [1.29, 1.82) is 0 Å². The van der Waals surface area contributed by atoms with E-state index in [-0.39, 0.29) is 11.7 Å². The fraction of sp³-hybridized carbons (Fsp3) is 0.185. The largest absolute Gasteiger partial charge is 0.494 e. The van der Waals surface area contributed by atoms with E-state index in [4.69, 9.17) is 5.73 Å². The lowest BCUT2D eigenvalue weighted by Crippen LogP contribution is -2.44. The van der Waals surface area contributed by atoms with E-state index in [1.807, 2.05) is 18.2 Å². The molecule has 4 N–H and O–H groups in total. The molecule has 4 aromatic rings. The number of hydrogen-bond acceptors (Lipinski definition) is 6. The van der Waals surface area contributed by atoms with Gasteiger partial charge in [0.05, 0.1) is 11.3 Å². The van der Waals surface area contributed by atoms with Crippen LogP contribution >= 0.6 is 0 Å². The number of aromatic hydroxyl groups is 1. The number of anilines is 2. The van der Waals surface area contributed by atoms with E-state index >= 15 is 0 Å². The maximum Gasteiger partial charge on any atom is 0.198 e. The number of aromatic nitrogens is 1. The van der Waals surface area contributed by atoms with Crippen molar-refractivity contribution >= 4 is 40.0 Å². The molecule has 34 heavy (non-hydrogen) atoms. The van der Waals surface area contributed by atoms with Gasteiger partial charge in [-0.25, -0.2) is 0 Å². The van der Waals surface area contributed by atoms with Crippen LogP contribution in [0.2, 0.25) is 0 Å².